The summed E-state index contributed by atoms with van der Waals surface area (Å²) < 4.78 is 5.09. The van der Waals surface area contributed by atoms with E-state index in [9.17, 15) is 4.79 Å². The summed E-state index contributed by atoms with van der Waals surface area (Å²) in [5.41, 5.74) is 0.112. The second-order valence-corrected chi connectivity index (χ2v) is 6.42. The van der Waals surface area contributed by atoms with Gasteiger partial charge in [-0.3, -0.25) is 4.79 Å². The van der Waals surface area contributed by atoms with Crippen LogP contribution in [0.1, 0.15) is 46.0 Å². The molecule has 0 saturated carbocycles. The molecule has 0 spiro atoms. The fourth-order valence-electron chi connectivity index (χ4n) is 2.40. The molecule has 5 heteroatoms. The number of nitrogens with one attached hydrogen (secondary N) is 2. The number of carbonyl (C=O) groups excluding carboxylic acids is 1. The standard InChI is InChI=1S/C15H30N2O2.ClH/c1-15(2,8-11-19-3)12-17-14(18)5-4-13-6-9-16-10-7-13;/h13,16H,4-12H2,1-3H3,(H,17,18);1H. The minimum atomic E-state index is 0. The molecule has 1 fully saturated rings. The lowest BCUT2D eigenvalue weighted by atomic mass is 9.89. The zero-order valence-corrected chi connectivity index (χ0v) is 14.0. The average molecular weight is 307 g/mol. The van der Waals surface area contributed by atoms with E-state index in [0.717, 1.165) is 45.0 Å². The van der Waals surface area contributed by atoms with Crippen LogP contribution in [-0.4, -0.2) is 39.3 Å². The minimum absolute atomic E-state index is 0. The maximum atomic E-state index is 11.8. The highest BCUT2D eigenvalue weighted by molar-refractivity contribution is 5.85. The number of hydrogen-bond acceptors (Lipinski definition) is 3. The van der Waals surface area contributed by atoms with Gasteiger partial charge in [0.15, 0.2) is 0 Å². The lowest BCUT2D eigenvalue weighted by Gasteiger charge is -2.25. The average Bonchev–Trinajstić information content (AvgIpc) is 2.42. The van der Waals surface area contributed by atoms with Gasteiger partial charge in [-0.1, -0.05) is 13.8 Å². The van der Waals surface area contributed by atoms with Crippen molar-refractivity contribution in [2.24, 2.45) is 11.3 Å². The maximum absolute atomic E-state index is 11.8. The molecule has 0 bridgehead atoms. The van der Waals surface area contributed by atoms with Gasteiger partial charge in [-0.15, -0.1) is 12.4 Å². The van der Waals surface area contributed by atoms with Gasteiger partial charge in [0.1, 0.15) is 0 Å². The van der Waals surface area contributed by atoms with Crippen LogP contribution in [-0.2, 0) is 9.53 Å². The summed E-state index contributed by atoms with van der Waals surface area (Å²) in [7, 11) is 1.72. The number of carbonyl (C=O) groups is 1. The summed E-state index contributed by atoms with van der Waals surface area (Å²) in [6.07, 6.45) is 5.11. The molecule has 0 radical (unpaired) electrons. The Bertz CT molecular complexity index is 267. The summed E-state index contributed by atoms with van der Waals surface area (Å²) in [6, 6.07) is 0. The number of methoxy groups -OCH3 is 1. The first-order valence-electron chi connectivity index (χ1n) is 7.50. The van der Waals surface area contributed by atoms with E-state index in [1.54, 1.807) is 7.11 Å². The molecule has 4 nitrogen and oxygen atoms in total. The van der Waals surface area contributed by atoms with Crippen molar-refractivity contribution < 1.29 is 9.53 Å². The Morgan fingerprint density at radius 2 is 2.00 bits per heavy atom. The zero-order chi connectivity index (χ0) is 14.1. The fraction of sp³-hybridized carbons (Fsp3) is 0.933. The molecule has 1 aliphatic rings. The highest BCUT2D eigenvalue weighted by atomic mass is 35.5. The minimum Gasteiger partial charge on any atom is -0.385 e. The van der Waals surface area contributed by atoms with Gasteiger partial charge in [0.2, 0.25) is 5.91 Å². The van der Waals surface area contributed by atoms with E-state index in [1.165, 1.54) is 12.8 Å². The van der Waals surface area contributed by atoms with Gasteiger partial charge in [0, 0.05) is 26.7 Å². The van der Waals surface area contributed by atoms with Crippen LogP contribution in [0.2, 0.25) is 0 Å². The van der Waals surface area contributed by atoms with Gasteiger partial charge < -0.3 is 15.4 Å². The van der Waals surface area contributed by atoms with Crippen LogP contribution < -0.4 is 10.6 Å². The molecule has 20 heavy (non-hydrogen) atoms. The molecule has 0 aliphatic carbocycles. The molecule has 1 heterocycles. The highest BCUT2D eigenvalue weighted by Crippen LogP contribution is 2.20. The van der Waals surface area contributed by atoms with Gasteiger partial charge >= 0.3 is 0 Å². The van der Waals surface area contributed by atoms with Crippen molar-refractivity contribution in [2.75, 3.05) is 33.4 Å². The van der Waals surface area contributed by atoms with Crippen LogP contribution in [0.25, 0.3) is 0 Å². The number of ether oxygens (including phenoxy) is 1. The molecule has 0 aromatic heterocycles. The van der Waals surface area contributed by atoms with Gasteiger partial charge in [0.05, 0.1) is 0 Å². The largest absolute Gasteiger partial charge is 0.385 e. The van der Waals surface area contributed by atoms with Crippen LogP contribution in [0.5, 0.6) is 0 Å². The zero-order valence-electron chi connectivity index (χ0n) is 13.2. The number of hydrogen-bond donors (Lipinski definition) is 2. The molecule has 0 aromatic carbocycles. The van der Waals surface area contributed by atoms with Crippen molar-refractivity contribution in [1.82, 2.24) is 10.6 Å². The Balaban J connectivity index is 0.00000361. The third-order valence-corrected chi connectivity index (χ3v) is 3.99. The topological polar surface area (TPSA) is 50.4 Å². The lowest BCUT2D eigenvalue weighted by molar-refractivity contribution is -0.121. The monoisotopic (exact) mass is 306 g/mol. The van der Waals surface area contributed by atoms with Crippen molar-refractivity contribution in [2.45, 2.75) is 46.0 Å². The molecule has 2 N–H and O–H groups in total. The summed E-state index contributed by atoms with van der Waals surface area (Å²) in [4.78, 5) is 11.8. The molecule has 1 rings (SSSR count). The number of amides is 1. The van der Waals surface area contributed by atoms with Crippen molar-refractivity contribution in [3.63, 3.8) is 0 Å². The SMILES string of the molecule is COCCC(C)(C)CNC(=O)CCC1CCNCC1.Cl. The third kappa shape index (κ3) is 8.77. The smallest absolute Gasteiger partial charge is 0.220 e. The van der Waals surface area contributed by atoms with Gasteiger partial charge in [0.25, 0.3) is 0 Å². The predicted molar refractivity (Wildman–Crippen MR) is 85.4 cm³/mol. The molecule has 0 unspecified atom stereocenters. The van der Waals surface area contributed by atoms with Crippen molar-refractivity contribution in [3.05, 3.63) is 0 Å². The molecule has 1 amide bonds. The second kappa shape index (κ2) is 10.4. The van der Waals surface area contributed by atoms with Crippen LogP contribution in [0, 0.1) is 11.3 Å². The van der Waals surface area contributed by atoms with E-state index in [0.29, 0.717) is 6.42 Å². The Kier molecular flexibility index (Phi) is 10.2. The summed E-state index contributed by atoms with van der Waals surface area (Å²) >= 11 is 0. The van der Waals surface area contributed by atoms with E-state index < -0.39 is 0 Å². The first kappa shape index (κ1) is 19.7. The normalized spacial score (nSPS) is 16.6. The van der Waals surface area contributed by atoms with Crippen molar-refractivity contribution in [3.8, 4) is 0 Å². The number of rotatable bonds is 8. The Labute approximate surface area is 129 Å². The molecule has 1 saturated heterocycles. The summed E-state index contributed by atoms with van der Waals surface area (Å²) in [6.45, 7) is 8.03. The van der Waals surface area contributed by atoms with E-state index in [4.69, 9.17) is 4.74 Å². The van der Waals surface area contributed by atoms with Crippen molar-refractivity contribution in [1.29, 1.82) is 0 Å². The maximum Gasteiger partial charge on any atom is 0.220 e. The molecule has 120 valence electrons. The highest BCUT2D eigenvalue weighted by Gasteiger charge is 2.19. The van der Waals surface area contributed by atoms with E-state index >= 15 is 0 Å². The van der Waals surface area contributed by atoms with Gasteiger partial charge in [-0.2, -0.15) is 0 Å². The fourth-order valence-corrected chi connectivity index (χ4v) is 2.40. The Morgan fingerprint density at radius 3 is 2.60 bits per heavy atom. The van der Waals surface area contributed by atoms with Crippen LogP contribution in [0.4, 0.5) is 0 Å². The number of halogens is 1. The number of piperidine rings is 1. The Morgan fingerprint density at radius 1 is 1.35 bits per heavy atom. The first-order valence-corrected chi connectivity index (χ1v) is 7.50. The first-order chi connectivity index (χ1) is 9.03. The summed E-state index contributed by atoms with van der Waals surface area (Å²) in [5, 5.41) is 6.42. The van der Waals surface area contributed by atoms with Crippen molar-refractivity contribution >= 4 is 18.3 Å². The van der Waals surface area contributed by atoms with Crippen LogP contribution in [0.15, 0.2) is 0 Å². The predicted octanol–water partition coefficient (Wildman–Crippen LogP) is 2.37. The van der Waals surface area contributed by atoms with Crippen LogP contribution in [0.3, 0.4) is 0 Å². The van der Waals surface area contributed by atoms with Gasteiger partial charge in [-0.25, -0.2) is 0 Å². The summed E-state index contributed by atoms with van der Waals surface area (Å²) in [5.74, 6) is 0.928. The van der Waals surface area contributed by atoms with E-state index in [2.05, 4.69) is 24.5 Å². The van der Waals surface area contributed by atoms with E-state index in [1.807, 2.05) is 0 Å². The van der Waals surface area contributed by atoms with E-state index in [-0.39, 0.29) is 23.7 Å². The molecular formula is C15H31ClN2O2. The molecule has 0 atom stereocenters. The molecular weight excluding hydrogens is 276 g/mol. The Hall–Kier alpha value is -0.320. The lowest BCUT2D eigenvalue weighted by Crippen LogP contribution is -2.35. The molecule has 0 aromatic rings. The van der Waals surface area contributed by atoms with Crippen LogP contribution >= 0.6 is 12.4 Å². The quantitative estimate of drug-likeness (QED) is 0.724. The second-order valence-electron chi connectivity index (χ2n) is 6.42. The van der Waals surface area contributed by atoms with Gasteiger partial charge in [-0.05, 0) is 50.1 Å². The third-order valence-electron chi connectivity index (χ3n) is 3.99. The molecule has 1 aliphatic heterocycles.